The molecule has 0 aliphatic carbocycles. The molecule has 1 N–H and O–H groups in total. The maximum Gasteiger partial charge on any atom is 0.414 e. The molecule has 6 rings (SSSR count). The number of benzene rings is 4. The van der Waals surface area contributed by atoms with Gasteiger partial charge in [-0.25, -0.2) is 9.59 Å². The zero-order valence-corrected chi connectivity index (χ0v) is 35.7. The maximum atomic E-state index is 12.4. The van der Waals surface area contributed by atoms with Crippen LogP contribution in [0, 0.1) is 0 Å². The topological polar surface area (TPSA) is 105 Å². The second kappa shape index (κ2) is 20.0. The van der Waals surface area contributed by atoms with Gasteiger partial charge in [0.15, 0.2) is 0 Å². The second-order valence-electron chi connectivity index (χ2n) is 13.5. The predicted molar refractivity (Wildman–Crippen MR) is 230 cm³/mol. The Morgan fingerprint density at radius 1 is 0.655 bits per heavy atom. The van der Waals surface area contributed by atoms with Crippen LogP contribution in [-0.2, 0) is 22.7 Å². The Morgan fingerprint density at radius 3 is 1.64 bits per heavy atom. The molecule has 0 radical (unpaired) electrons. The van der Waals surface area contributed by atoms with Gasteiger partial charge in [0, 0.05) is 29.5 Å². The molecule has 4 aromatic carbocycles. The fourth-order valence-electron chi connectivity index (χ4n) is 5.38. The van der Waals surface area contributed by atoms with Gasteiger partial charge in [-0.1, -0.05) is 36.4 Å². The number of nitrogens with zero attached hydrogens (tertiary/aromatic N) is 1. The Labute approximate surface area is 331 Å². The summed E-state index contributed by atoms with van der Waals surface area (Å²) in [6.45, 7) is 13.5. The Morgan fingerprint density at radius 2 is 1.13 bits per heavy atom. The second-order valence-corrected chi connectivity index (χ2v) is 13.5. The van der Waals surface area contributed by atoms with E-state index in [2.05, 4.69) is 5.32 Å². The van der Waals surface area contributed by atoms with Crippen molar-refractivity contribution < 1.29 is 38.0 Å². The van der Waals surface area contributed by atoms with Crippen LogP contribution >= 0.6 is 19.8 Å². The smallest absolute Gasteiger partial charge is 0.414 e. The van der Waals surface area contributed by atoms with Crippen LogP contribution < -0.4 is 29.2 Å². The predicted octanol–water partition coefficient (Wildman–Crippen LogP) is 10.2. The number of hydrogen-bond donors (Lipinski definition) is 1. The number of rotatable bonds is 10. The molecule has 0 fully saturated rings. The van der Waals surface area contributed by atoms with E-state index in [0.29, 0.717) is 18.9 Å². The van der Waals surface area contributed by atoms with Crippen LogP contribution in [0.5, 0.6) is 23.0 Å². The Hall–Kier alpha value is -5.04. The third-order valence-corrected chi connectivity index (χ3v) is 8.19. The highest BCUT2D eigenvalue weighted by Gasteiger charge is 2.23. The minimum Gasteiger partial charge on any atom is -0.494 e. The van der Waals surface area contributed by atoms with Crippen molar-refractivity contribution >= 4 is 55.5 Å². The Bertz CT molecular complexity index is 1940. The summed E-state index contributed by atoms with van der Waals surface area (Å²) >= 11 is 0. The highest BCUT2D eigenvalue weighted by molar-refractivity contribution is 6.92. The number of fused-ring (bicyclic) bond motifs is 2. The fraction of sp³-hybridized carbons (Fsp3) is 0.302. The van der Waals surface area contributed by atoms with Gasteiger partial charge in [-0.2, -0.15) is 19.8 Å². The quantitative estimate of drug-likeness (QED) is 0.158. The van der Waals surface area contributed by atoms with E-state index >= 15 is 0 Å². The molecule has 55 heavy (non-hydrogen) atoms. The number of hydrogen-bond acceptors (Lipinski definition) is 8. The lowest BCUT2D eigenvalue weighted by atomic mass is 10.0. The number of anilines is 2. The van der Waals surface area contributed by atoms with Crippen molar-refractivity contribution in [3.05, 3.63) is 119 Å². The molecule has 294 valence electrons. The SMILES string of the molecule is CCOc1ccc(COC(=O)N(C)c2ccc3c(c2)C=CC(C)(C)O3)cc1.CCOc1ccc(COC(=O)Nc2ccc3c(c2)C=CC(C)(C)O3)cc1.P.P. The van der Waals surface area contributed by atoms with Crippen LogP contribution in [0.4, 0.5) is 21.0 Å². The Balaban J connectivity index is 0.000000285. The molecule has 2 heterocycles. The van der Waals surface area contributed by atoms with E-state index < -0.39 is 12.2 Å². The van der Waals surface area contributed by atoms with Gasteiger partial charge < -0.3 is 28.4 Å². The van der Waals surface area contributed by atoms with Gasteiger partial charge in [0.05, 0.1) is 13.2 Å². The number of carbonyl (C=O) groups is 2. The molecule has 2 atom stereocenters. The van der Waals surface area contributed by atoms with Crippen molar-refractivity contribution in [2.45, 2.75) is 66.0 Å². The normalized spacial score (nSPS) is 13.6. The van der Waals surface area contributed by atoms with Gasteiger partial charge >= 0.3 is 12.2 Å². The number of amides is 2. The lowest BCUT2D eigenvalue weighted by molar-refractivity contribution is 0.148. The average Bonchev–Trinajstić information content (AvgIpc) is 3.13. The molecule has 0 aromatic heterocycles. The number of carbonyl (C=O) groups excluding carboxylic acids is 2. The highest BCUT2D eigenvalue weighted by atomic mass is 31.0. The van der Waals surface area contributed by atoms with Crippen molar-refractivity contribution in [2.75, 3.05) is 30.5 Å². The van der Waals surface area contributed by atoms with E-state index in [0.717, 1.165) is 50.9 Å². The van der Waals surface area contributed by atoms with Crippen LogP contribution in [0.2, 0.25) is 0 Å². The highest BCUT2D eigenvalue weighted by Crippen LogP contribution is 2.34. The van der Waals surface area contributed by atoms with Gasteiger partial charge in [0.25, 0.3) is 0 Å². The van der Waals surface area contributed by atoms with E-state index in [9.17, 15) is 9.59 Å². The summed E-state index contributed by atoms with van der Waals surface area (Å²) in [6, 6.07) is 26.1. The minimum atomic E-state index is -0.500. The van der Waals surface area contributed by atoms with Crippen molar-refractivity contribution in [3.8, 4) is 23.0 Å². The molecule has 12 heteroatoms. The molecule has 0 saturated carbocycles. The lowest BCUT2D eigenvalue weighted by Crippen LogP contribution is -2.29. The zero-order chi connectivity index (χ0) is 38.0. The first kappa shape index (κ1) is 44.4. The molecule has 4 aromatic rings. The van der Waals surface area contributed by atoms with Crippen molar-refractivity contribution in [1.82, 2.24) is 0 Å². The molecule has 0 spiro atoms. The number of nitrogens with one attached hydrogen (secondary N) is 1. The van der Waals surface area contributed by atoms with E-state index in [1.54, 1.807) is 13.1 Å². The average molecular weight is 789 g/mol. The van der Waals surface area contributed by atoms with E-state index in [4.69, 9.17) is 28.4 Å². The monoisotopic (exact) mass is 788 g/mol. The first-order valence-corrected chi connectivity index (χ1v) is 17.7. The van der Waals surface area contributed by atoms with Gasteiger partial charge in [-0.05, 0) is 125 Å². The molecule has 0 saturated heterocycles. The largest absolute Gasteiger partial charge is 0.494 e. The van der Waals surface area contributed by atoms with E-state index in [-0.39, 0.29) is 44.2 Å². The van der Waals surface area contributed by atoms with Crippen LogP contribution in [0.1, 0.15) is 63.8 Å². The van der Waals surface area contributed by atoms with Crippen LogP contribution in [0.15, 0.2) is 97.1 Å². The molecule has 2 amide bonds. The summed E-state index contributed by atoms with van der Waals surface area (Å²) in [5, 5.41) is 2.74. The summed E-state index contributed by atoms with van der Waals surface area (Å²) in [5.74, 6) is 3.21. The summed E-state index contributed by atoms with van der Waals surface area (Å²) in [5.41, 5.74) is 4.44. The molecule has 10 nitrogen and oxygen atoms in total. The summed E-state index contributed by atoms with van der Waals surface area (Å²) in [7, 11) is 1.69. The molecule has 0 bridgehead atoms. The van der Waals surface area contributed by atoms with Gasteiger partial charge in [0.2, 0.25) is 0 Å². The first-order valence-electron chi connectivity index (χ1n) is 17.7. The van der Waals surface area contributed by atoms with Crippen LogP contribution in [-0.4, -0.2) is 43.7 Å². The molecular weight excluding hydrogens is 734 g/mol. The molecule has 2 aliphatic heterocycles. The molecule has 2 aliphatic rings. The van der Waals surface area contributed by atoms with Crippen LogP contribution in [0.3, 0.4) is 0 Å². The van der Waals surface area contributed by atoms with Crippen molar-refractivity contribution in [1.29, 1.82) is 0 Å². The maximum absolute atomic E-state index is 12.4. The van der Waals surface area contributed by atoms with Crippen molar-refractivity contribution in [2.24, 2.45) is 0 Å². The van der Waals surface area contributed by atoms with Crippen LogP contribution in [0.25, 0.3) is 12.2 Å². The minimum absolute atomic E-state index is 0. The third kappa shape index (κ3) is 13.0. The Kier molecular flexibility index (Phi) is 16.2. The first-order chi connectivity index (χ1) is 25.3. The number of ether oxygens (including phenoxy) is 6. The van der Waals surface area contributed by atoms with Gasteiger partial charge in [-0.15, -0.1) is 0 Å². The van der Waals surface area contributed by atoms with Crippen molar-refractivity contribution in [3.63, 3.8) is 0 Å². The zero-order valence-electron chi connectivity index (χ0n) is 32.8. The van der Waals surface area contributed by atoms with E-state index in [1.807, 2.05) is 145 Å². The summed E-state index contributed by atoms with van der Waals surface area (Å²) < 4.78 is 33.3. The van der Waals surface area contributed by atoms with Gasteiger partial charge in [0.1, 0.15) is 47.4 Å². The summed E-state index contributed by atoms with van der Waals surface area (Å²) in [6.07, 6.45) is 7.09. The standard InChI is InChI=1S/C22H25NO4.C21H23NO4.2H3P/c1-5-25-19-9-6-16(7-10-19)15-26-21(24)23(4)18-8-11-20-17(14-18)12-13-22(2,3)27-20;1-4-24-18-8-5-15(6-9-18)14-25-20(23)22-17-7-10-19-16(13-17)11-12-21(2,3)26-19;;/h6-14H,5,15H2,1-4H3;5-13H,4,14H2,1-3H3,(H,22,23);2*1H3. The molecular formula is C43H54N2O8P2. The third-order valence-electron chi connectivity index (χ3n) is 8.19. The molecule has 2 unspecified atom stereocenters. The summed E-state index contributed by atoms with van der Waals surface area (Å²) in [4.78, 5) is 25.9. The van der Waals surface area contributed by atoms with Gasteiger partial charge in [-0.3, -0.25) is 10.2 Å². The fourth-order valence-corrected chi connectivity index (χ4v) is 5.38. The van der Waals surface area contributed by atoms with E-state index in [1.165, 1.54) is 4.90 Å². The lowest BCUT2D eigenvalue weighted by Gasteiger charge is -2.28.